The molecule has 0 aromatic heterocycles. The van der Waals surface area contributed by atoms with Crippen LogP contribution in [0.15, 0.2) is 69.6 Å². The normalized spacial score (nSPS) is 17.5. The Bertz CT molecular complexity index is 946. The summed E-state index contributed by atoms with van der Waals surface area (Å²) in [5, 5.41) is 20.1. The molecule has 3 nitrogen and oxygen atoms in total. The van der Waals surface area contributed by atoms with Crippen molar-refractivity contribution in [3.8, 4) is 5.75 Å². The van der Waals surface area contributed by atoms with Crippen molar-refractivity contribution in [2.45, 2.75) is 38.6 Å². The van der Waals surface area contributed by atoms with Gasteiger partial charge in [0, 0.05) is 28.1 Å². The lowest BCUT2D eigenvalue weighted by molar-refractivity contribution is 0.220. The summed E-state index contributed by atoms with van der Waals surface area (Å²) in [6.07, 6.45) is 0. The van der Waals surface area contributed by atoms with Gasteiger partial charge in [0.1, 0.15) is 11.6 Å². The molecule has 2 aromatic carbocycles. The van der Waals surface area contributed by atoms with Gasteiger partial charge in [-0.3, -0.25) is 0 Å². The topological polar surface area (TPSA) is 43.7 Å². The van der Waals surface area contributed by atoms with Crippen LogP contribution in [0.5, 0.6) is 5.75 Å². The number of hydrogen-bond acceptors (Lipinski definition) is 4. The molecule has 2 N–H and O–H groups in total. The van der Waals surface area contributed by atoms with E-state index in [1.54, 1.807) is 36.0 Å². The first-order valence-corrected chi connectivity index (χ1v) is 11.1. The first-order valence-electron chi connectivity index (χ1n) is 10.3. The minimum atomic E-state index is -0.279. The van der Waals surface area contributed by atoms with Gasteiger partial charge in [-0.2, -0.15) is 0 Å². The van der Waals surface area contributed by atoms with E-state index in [0.29, 0.717) is 5.92 Å². The number of aliphatic hydroxyl groups excluding tert-OH is 1. The monoisotopic (exact) mass is 427 g/mol. The summed E-state index contributed by atoms with van der Waals surface area (Å²) < 4.78 is 13.7. The summed E-state index contributed by atoms with van der Waals surface area (Å²) in [4.78, 5) is 4.34. The standard InChI is InChI=1S/C25H30FNO2S/c1-15(2)23-21(14-28)22(17-6-8-18(26)9-7-17)25(24(16(3)4)27(23)5)30-20-12-10-19(29)11-13-20/h6-13,15-16,23,28-29H,14H2,1-5H3. The van der Waals surface area contributed by atoms with Crippen LogP contribution in [0.25, 0.3) is 5.57 Å². The molecule has 5 heteroatoms. The number of thioether (sulfide) groups is 1. The summed E-state index contributed by atoms with van der Waals surface area (Å²) >= 11 is 1.62. The van der Waals surface area contributed by atoms with E-state index < -0.39 is 0 Å². The zero-order chi connectivity index (χ0) is 22.0. The van der Waals surface area contributed by atoms with Crippen LogP contribution in [0, 0.1) is 17.7 Å². The first kappa shape index (κ1) is 22.4. The van der Waals surface area contributed by atoms with Crippen molar-refractivity contribution >= 4 is 17.3 Å². The van der Waals surface area contributed by atoms with Gasteiger partial charge in [-0.25, -0.2) is 4.39 Å². The molecule has 3 rings (SSSR count). The second-order valence-corrected chi connectivity index (χ2v) is 9.41. The average Bonchev–Trinajstić information content (AvgIpc) is 2.69. The Labute approximate surface area is 182 Å². The molecule has 1 aliphatic rings. The smallest absolute Gasteiger partial charge is 0.123 e. The van der Waals surface area contributed by atoms with E-state index in [9.17, 15) is 14.6 Å². The summed E-state index contributed by atoms with van der Waals surface area (Å²) in [6.45, 7) is 8.61. The molecule has 0 radical (unpaired) electrons. The molecule has 1 heterocycles. The summed E-state index contributed by atoms with van der Waals surface area (Å²) in [5.74, 6) is 0.496. The molecule has 0 spiro atoms. The van der Waals surface area contributed by atoms with Crippen LogP contribution >= 0.6 is 11.8 Å². The minimum Gasteiger partial charge on any atom is -0.508 e. The maximum Gasteiger partial charge on any atom is 0.123 e. The number of rotatable bonds is 6. The molecular formula is C25H30FNO2S. The molecule has 160 valence electrons. The fourth-order valence-corrected chi connectivity index (χ4v) is 5.67. The second kappa shape index (κ2) is 9.27. The van der Waals surface area contributed by atoms with E-state index in [1.807, 2.05) is 12.1 Å². The van der Waals surface area contributed by atoms with E-state index >= 15 is 0 Å². The number of allylic oxidation sites excluding steroid dienone is 2. The molecule has 0 bridgehead atoms. The lowest BCUT2D eigenvalue weighted by Gasteiger charge is -2.44. The number of phenols is 1. The molecule has 0 amide bonds. The van der Waals surface area contributed by atoms with Crippen molar-refractivity contribution < 1.29 is 14.6 Å². The second-order valence-electron chi connectivity index (χ2n) is 8.33. The highest BCUT2D eigenvalue weighted by atomic mass is 32.2. The van der Waals surface area contributed by atoms with Crippen molar-refractivity contribution in [1.29, 1.82) is 0 Å². The van der Waals surface area contributed by atoms with Crippen LogP contribution in [-0.2, 0) is 0 Å². The predicted octanol–water partition coefficient (Wildman–Crippen LogP) is 5.91. The molecule has 1 aliphatic heterocycles. The zero-order valence-corrected chi connectivity index (χ0v) is 19.0. The van der Waals surface area contributed by atoms with Crippen molar-refractivity contribution in [3.63, 3.8) is 0 Å². The quantitative estimate of drug-likeness (QED) is 0.602. The molecule has 0 aliphatic carbocycles. The number of phenolic OH excluding ortho intramolecular Hbond substituents is 1. The van der Waals surface area contributed by atoms with Crippen LogP contribution in [0.4, 0.5) is 4.39 Å². The first-order chi connectivity index (χ1) is 14.2. The van der Waals surface area contributed by atoms with Crippen molar-refractivity contribution in [1.82, 2.24) is 4.90 Å². The molecule has 1 atom stereocenters. The summed E-state index contributed by atoms with van der Waals surface area (Å²) in [7, 11) is 2.09. The van der Waals surface area contributed by atoms with Crippen LogP contribution in [0.2, 0.25) is 0 Å². The van der Waals surface area contributed by atoms with Gasteiger partial charge in [0.2, 0.25) is 0 Å². The van der Waals surface area contributed by atoms with Gasteiger partial charge in [-0.05, 0) is 59.4 Å². The summed E-state index contributed by atoms with van der Waals surface area (Å²) in [5.41, 5.74) is 4.03. The fourth-order valence-electron chi connectivity index (χ4n) is 4.33. The third-order valence-corrected chi connectivity index (χ3v) is 6.60. The third kappa shape index (κ3) is 4.42. The van der Waals surface area contributed by atoms with Crippen LogP contribution in [0.3, 0.4) is 0 Å². The number of aliphatic hydroxyl groups is 1. The van der Waals surface area contributed by atoms with E-state index in [-0.39, 0.29) is 30.1 Å². The Morgan fingerprint density at radius 1 is 1.00 bits per heavy atom. The van der Waals surface area contributed by atoms with Crippen LogP contribution in [0.1, 0.15) is 33.3 Å². The largest absolute Gasteiger partial charge is 0.508 e. The van der Waals surface area contributed by atoms with E-state index in [2.05, 4.69) is 39.6 Å². The SMILES string of the molecule is CC(C)C1=C(Sc2ccc(O)cc2)C(c2ccc(F)cc2)=C(CO)C(C(C)C)N1C. The molecule has 2 aromatic rings. The fraction of sp³-hybridized carbons (Fsp3) is 0.360. The highest BCUT2D eigenvalue weighted by molar-refractivity contribution is 8.03. The van der Waals surface area contributed by atoms with Crippen molar-refractivity contribution in [2.75, 3.05) is 13.7 Å². The molecule has 30 heavy (non-hydrogen) atoms. The predicted molar refractivity (Wildman–Crippen MR) is 123 cm³/mol. The molecule has 0 fully saturated rings. The molecule has 0 saturated carbocycles. The molecule has 0 saturated heterocycles. The number of hydrogen-bond donors (Lipinski definition) is 2. The number of likely N-dealkylation sites (N-methyl/N-ethyl adjacent to an activating group) is 1. The molecule has 1 unspecified atom stereocenters. The van der Waals surface area contributed by atoms with E-state index in [1.165, 1.54) is 17.8 Å². The van der Waals surface area contributed by atoms with Gasteiger partial charge in [0.05, 0.1) is 12.6 Å². The maximum absolute atomic E-state index is 13.7. The Kier molecular flexibility index (Phi) is 6.94. The number of aromatic hydroxyl groups is 1. The molecular weight excluding hydrogens is 397 g/mol. The van der Waals surface area contributed by atoms with Gasteiger partial charge in [0.25, 0.3) is 0 Å². The van der Waals surface area contributed by atoms with Gasteiger partial charge in [0.15, 0.2) is 0 Å². The summed E-state index contributed by atoms with van der Waals surface area (Å²) in [6, 6.07) is 13.7. The maximum atomic E-state index is 13.7. The Hall–Kier alpha value is -2.24. The van der Waals surface area contributed by atoms with Crippen LogP contribution < -0.4 is 0 Å². The van der Waals surface area contributed by atoms with Gasteiger partial charge >= 0.3 is 0 Å². The van der Waals surface area contributed by atoms with E-state index in [0.717, 1.165) is 26.5 Å². The van der Waals surface area contributed by atoms with Crippen LogP contribution in [-0.4, -0.2) is 34.8 Å². The minimum absolute atomic E-state index is 0.0524. The van der Waals surface area contributed by atoms with Gasteiger partial charge in [-0.15, -0.1) is 0 Å². The number of halogens is 1. The average molecular weight is 428 g/mol. The lowest BCUT2D eigenvalue weighted by atomic mass is 9.83. The van der Waals surface area contributed by atoms with Gasteiger partial charge in [-0.1, -0.05) is 51.6 Å². The number of benzene rings is 2. The Morgan fingerprint density at radius 2 is 1.60 bits per heavy atom. The Morgan fingerprint density at radius 3 is 2.10 bits per heavy atom. The zero-order valence-electron chi connectivity index (χ0n) is 18.2. The van der Waals surface area contributed by atoms with Crippen molar-refractivity contribution in [2.24, 2.45) is 11.8 Å². The van der Waals surface area contributed by atoms with Crippen molar-refractivity contribution in [3.05, 3.63) is 76.1 Å². The highest BCUT2D eigenvalue weighted by Crippen LogP contribution is 2.48. The highest BCUT2D eigenvalue weighted by Gasteiger charge is 2.36. The van der Waals surface area contributed by atoms with E-state index in [4.69, 9.17) is 0 Å². The Balaban J connectivity index is 2.27. The van der Waals surface area contributed by atoms with Gasteiger partial charge < -0.3 is 15.1 Å². The lowest BCUT2D eigenvalue weighted by Crippen LogP contribution is -2.42. The third-order valence-electron chi connectivity index (χ3n) is 5.47. The number of nitrogens with zero attached hydrogens (tertiary/aromatic N) is 1.